The van der Waals surface area contributed by atoms with Crippen LogP contribution in [0, 0.1) is 5.92 Å². The molecule has 0 saturated carbocycles. The van der Waals surface area contributed by atoms with Crippen LogP contribution in [0.3, 0.4) is 0 Å². The fourth-order valence-electron chi connectivity index (χ4n) is 4.87. The summed E-state index contributed by atoms with van der Waals surface area (Å²) >= 11 is 4.70. The zero-order valence-corrected chi connectivity index (χ0v) is 19.0. The Morgan fingerprint density at radius 2 is 1.71 bits per heavy atom. The number of nitrogens with two attached hydrogens (primary N) is 1. The van der Waals surface area contributed by atoms with Gasteiger partial charge < -0.3 is 10.5 Å². The molecule has 162 valence electrons. The Hall–Kier alpha value is -2.27. The first-order valence-electron chi connectivity index (χ1n) is 11.1. The third-order valence-electron chi connectivity index (χ3n) is 6.53. The SMILES string of the molecule is COC(c1ccccc1S)C1CCN(CCc2ccccc2)C(c2ccc(N)cc2)C1. The third-order valence-corrected chi connectivity index (χ3v) is 6.94. The molecule has 4 rings (SSSR count). The number of nitrogen functional groups attached to an aromatic ring is 1. The van der Waals surface area contributed by atoms with E-state index in [2.05, 4.69) is 65.6 Å². The molecule has 0 aromatic heterocycles. The van der Waals surface area contributed by atoms with Gasteiger partial charge in [-0.05, 0) is 66.6 Å². The van der Waals surface area contributed by atoms with E-state index in [-0.39, 0.29) is 6.10 Å². The van der Waals surface area contributed by atoms with Gasteiger partial charge in [0.05, 0.1) is 6.10 Å². The number of thiol groups is 1. The maximum absolute atomic E-state index is 6.04. The molecule has 3 nitrogen and oxygen atoms in total. The Morgan fingerprint density at radius 1 is 1.00 bits per heavy atom. The monoisotopic (exact) mass is 432 g/mol. The van der Waals surface area contributed by atoms with E-state index < -0.39 is 0 Å². The number of anilines is 1. The van der Waals surface area contributed by atoms with Crippen LogP contribution < -0.4 is 5.73 Å². The highest BCUT2D eigenvalue weighted by molar-refractivity contribution is 7.80. The normalized spacial score (nSPS) is 20.5. The first-order chi connectivity index (χ1) is 15.2. The van der Waals surface area contributed by atoms with E-state index >= 15 is 0 Å². The summed E-state index contributed by atoms with van der Waals surface area (Å²) in [7, 11) is 1.82. The number of rotatable bonds is 7. The number of hydrogen-bond acceptors (Lipinski definition) is 4. The van der Waals surface area contributed by atoms with E-state index in [0.29, 0.717) is 12.0 Å². The smallest absolute Gasteiger partial charge is 0.0861 e. The molecular weight excluding hydrogens is 400 g/mol. The first kappa shape index (κ1) is 21.9. The van der Waals surface area contributed by atoms with Crippen molar-refractivity contribution >= 4 is 18.3 Å². The van der Waals surface area contributed by atoms with Gasteiger partial charge in [0.1, 0.15) is 0 Å². The average molecular weight is 433 g/mol. The lowest BCUT2D eigenvalue weighted by Crippen LogP contribution is -2.40. The van der Waals surface area contributed by atoms with Gasteiger partial charge in [0.2, 0.25) is 0 Å². The molecular formula is C27H32N2OS. The topological polar surface area (TPSA) is 38.5 Å². The van der Waals surface area contributed by atoms with Crippen LogP contribution in [-0.4, -0.2) is 25.1 Å². The lowest BCUT2D eigenvalue weighted by Gasteiger charge is -2.42. The maximum Gasteiger partial charge on any atom is 0.0861 e. The van der Waals surface area contributed by atoms with Crippen molar-refractivity contribution in [3.8, 4) is 0 Å². The van der Waals surface area contributed by atoms with Gasteiger partial charge >= 0.3 is 0 Å². The standard InChI is InChI=1S/C27H32N2OS/c1-30-27(24-9-5-6-10-26(24)31)22-16-18-29(17-15-20-7-3-2-4-8-20)25(19-22)21-11-13-23(28)14-12-21/h2-14,22,25,27,31H,15-19,28H2,1H3. The summed E-state index contributed by atoms with van der Waals surface area (Å²) in [6.07, 6.45) is 3.28. The summed E-state index contributed by atoms with van der Waals surface area (Å²) in [5, 5.41) is 0. The Morgan fingerprint density at radius 3 is 2.42 bits per heavy atom. The van der Waals surface area contributed by atoms with E-state index in [0.717, 1.165) is 42.9 Å². The zero-order valence-electron chi connectivity index (χ0n) is 18.2. The fraction of sp³-hybridized carbons (Fsp3) is 0.333. The molecule has 1 aliphatic heterocycles. The number of hydrogen-bond donors (Lipinski definition) is 2. The molecule has 0 radical (unpaired) electrons. The van der Waals surface area contributed by atoms with Crippen molar-refractivity contribution in [3.05, 3.63) is 95.6 Å². The maximum atomic E-state index is 6.04. The van der Waals surface area contributed by atoms with E-state index in [4.69, 9.17) is 23.1 Å². The molecule has 0 amide bonds. The second-order valence-electron chi connectivity index (χ2n) is 8.45. The number of nitrogens with zero attached hydrogens (tertiary/aromatic N) is 1. The number of methoxy groups -OCH3 is 1. The molecule has 31 heavy (non-hydrogen) atoms. The first-order valence-corrected chi connectivity index (χ1v) is 11.5. The van der Waals surface area contributed by atoms with E-state index in [1.807, 2.05) is 25.3 Å². The lowest BCUT2D eigenvalue weighted by molar-refractivity contribution is -0.000703. The molecule has 0 bridgehead atoms. The zero-order chi connectivity index (χ0) is 21.6. The molecule has 3 unspecified atom stereocenters. The van der Waals surface area contributed by atoms with Crippen LogP contribution in [0.4, 0.5) is 5.69 Å². The number of likely N-dealkylation sites (tertiary alicyclic amines) is 1. The van der Waals surface area contributed by atoms with Crippen molar-refractivity contribution in [3.63, 3.8) is 0 Å². The minimum atomic E-state index is 0.0567. The van der Waals surface area contributed by atoms with Gasteiger partial charge in [-0.1, -0.05) is 60.7 Å². The molecule has 1 saturated heterocycles. The van der Waals surface area contributed by atoms with Crippen molar-refractivity contribution in [2.24, 2.45) is 5.92 Å². The summed E-state index contributed by atoms with van der Waals surface area (Å²) < 4.78 is 6.04. The van der Waals surface area contributed by atoms with E-state index in [9.17, 15) is 0 Å². The van der Waals surface area contributed by atoms with Crippen molar-refractivity contribution in [2.75, 3.05) is 25.9 Å². The highest BCUT2D eigenvalue weighted by Gasteiger charge is 2.34. The lowest BCUT2D eigenvalue weighted by atomic mass is 9.81. The van der Waals surface area contributed by atoms with Crippen molar-refractivity contribution in [1.29, 1.82) is 0 Å². The van der Waals surface area contributed by atoms with E-state index in [1.54, 1.807) is 0 Å². The van der Waals surface area contributed by atoms with Gasteiger partial charge in [0, 0.05) is 30.3 Å². The minimum absolute atomic E-state index is 0.0567. The van der Waals surface area contributed by atoms with Gasteiger partial charge in [0.15, 0.2) is 0 Å². The molecule has 0 spiro atoms. The summed E-state index contributed by atoms with van der Waals surface area (Å²) in [4.78, 5) is 3.64. The van der Waals surface area contributed by atoms with Crippen LogP contribution in [0.1, 0.15) is 41.7 Å². The predicted molar refractivity (Wildman–Crippen MR) is 131 cm³/mol. The molecule has 3 aromatic carbocycles. The largest absolute Gasteiger partial charge is 0.399 e. The highest BCUT2D eigenvalue weighted by Crippen LogP contribution is 2.42. The highest BCUT2D eigenvalue weighted by atomic mass is 32.1. The number of benzene rings is 3. The summed E-state index contributed by atoms with van der Waals surface area (Å²) in [5.74, 6) is 0.439. The molecule has 3 atom stereocenters. The van der Waals surface area contributed by atoms with E-state index in [1.165, 1.54) is 16.7 Å². The van der Waals surface area contributed by atoms with Crippen LogP contribution in [-0.2, 0) is 11.2 Å². The molecule has 1 heterocycles. The third kappa shape index (κ3) is 5.32. The van der Waals surface area contributed by atoms with Gasteiger partial charge in [0.25, 0.3) is 0 Å². The molecule has 0 aliphatic carbocycles. The number of ether oxygens (including phenoxy) is 1. The van der Waals surface area contributed by atoms with Gasteiger partial charge in [-0.2, -0.15) is 0 Å². The van der Waals surface area contributed by atoms with Crippen LogP contribution in [0.25, 0.3) is 0 Å². The Bertz CT molecular complexity index is 960. The summed E-state index contributed by atoms with van der Waals surface area (Å²) in [6.45, 7) is 2.10. The Labute approximate surface area is 191 Å². The molecule has 1 fully saturated rings. The summed E-state index contributed by atoms with van der Waals surface area (Å²) in [6, 6.07) is 27.8. The molecule has 1 aliphatic rings. The van der Waals surface area contributed by atoms with Gasteiger partial charge in [-0.15, -0.1) is 12.6 Å². The molecule has 4 heteroatoms. The van der Waals surface area contributed by atoms with Gasteiger partial charge in [-0.25, -0.2) is 0 Å². The van der Waals surface area contributed by atoms with Crippen LogP contribution >= 0.6 is 12.6 Å². The fourth-order valence-corrected chi connectivity index (χ4v) is 5.16. The van der Waals surface area contributed by atoms with Crippen molar-refractivity contribution < 1.29 is 4.74 Å². The van der Waals surface area contributed by atoms with Crippen LogP contribution in [0.15, 0.2) is 83.8 Å². The summed E-state index contributed by atoms with van der Waals surface area (Å²) in [5.41, 5.74) is 10.7. The number of piperidine rings is 1. The second-order valence-corrected chi connectivity index (χ2v) is 8.94. The second kappa shape index (κ2) is 10.4. The molecule has 3 aromatic rings. The Balaban J connectivity index is 1.56. The minimum Gasteiger partial charge on any atom is -0.399 e. The Kier molecular flexibility index (Phi) is 7.33. The quantitative estimate of drug-likeness (QED) is 0.358. The predicted octanol–water partition coefficient (Wildman–Crippen LogP) is 5.94. The molecule has 2 N–H and O–H groups in total. The van der Waals surface area contributed by atoms with Crippen LogP contribution in [0.5, 0.6) is 0 Å². The van der Waals surface area contributed by atoms with Gasteiger partial charge in [-0.3, -0.25) is 4.90 Å². The average Bonchev–Trinajstić information content (AvgIpc) is 2.81. The van der Waals surface area contributed by atoms with Crippen molar-refractivity contribution in [1.82, 2.24) is 4.90 Å². The van der Waals surface area contributed by atoms with Crippen molar-refractivity contribution in [2.45, 2.75) is 36.3 Å². The van der Waals surface area contributed by atoms with Crippen LogP contribution in [0.2, 0.25) is 0 Å².